The van der Waals surface area contributed by atoms with Gasteiger partial charge in [0, 0.05) is 12.3 Å². The highest BCUT2D eigenvalue weighted by molar-refractivity contribution is 14.0. The number of esters is 1. The first-order valence-electron chi connectivity index (χ1n) is 11.0. The average molecular weight is 552 g/mol. The normalized spacial score (nSPS) is 30.3. The fourth-order valence-electron chi connectivity index (χ4n) is 4.52. The van der Waals surface area contributed by atoms with Gasteiger partial charge in [0.1, 0.15) is 6.10 Å². The molecule has 0 radical (unpaired) electrons. The van der Waals surface area contributed by atoms with Crippen molar-refractivity contribution in [2.75, 3.05) is 0 Å². The van der Waals surface area contributed by atoms with Gasteiger partial charge in [0.2, 0.25) is 0 Å². The third-order valence-corrected chi connectivity index (χ3v) is 6.44. The van der Waals surface area contributed by atoms with Gasteiger partial charge in [-0.3, -0.25) is 9.59 Å². The van der Waals surface area contributed by atoms with E-state index in [4.69, 9.17) is 9.84 Å². The lowest BCUT2D eigenvalue weighted by Crippen LogP contribution is -2.43. The summed E-state index contributed by atoms with van der Waals surface area (Å²) < 4.78 is 5.84. The topological polar surface area (TPSA) is 124 Å². The van der Waals surface area contributed by atoms with Crippen LogP contribution in [0.5, 0.6) is 0 Å². The Morgan fingerprint density at radius 2 is 1.94 bits per heavy atom. The zero-order valence-electron chi connectivity index (χ0n) is 18.5. The summed E-state index contributed by atoms with van der Waals surface area (Å²) in [6, 6.07) is 0. The number of fused-ring (bicyclic) bond motifs is 1. The van der Waals surface area contributed by atoms with E-state index >= 15 is 0 Å². The molecule has 2 rings (SSSR count). The number of hydrogen-bond donors (Lipinski definition) is 4. The fraction of sp³-hybridized carbons (Fsp3) is 0.739. The number of carbonyl (C=O) groups excluding carboxylic acids is 1. The number of aliphatic hydroxyl groups is 3. The van der Waals surface area contributed by atoms with E-state index in [1.54, 1.807) is 0 Å². The predicted octanol–water partition coefficient (Wildman–Crippen LogP) is 3.06. The van der Waals surface area contributed by atoms with Crippen molar-refractivity contribution >= 4 is 35.9 Å². The highest BCUT2D eigenvalue weighted by Gasteiger charge is 2.42. The van der Waals surface area contributed by atoms with Gasteiger partial charge in [0.15, 0.2) is 0 Å². The Kier molecular flexibility index (Phi) is 11.7. The third-order valence-electron chi connectivity index (χ3n) is 6.44. The van der Waals surface area contributed by atoms with Gasteiger partial charge >= 0.3 is 11.9 Å². The Morgan fingerprint density at radius 3 is 2.55 bits per heavy atom. The van der Waals surface area contributed by atoms with Crippen molar-refractivity contribution < 1.29 is 34.8 Å². The number of ether oxygens (including phenoxy) is 1. The van der Waals surface area contributed by atoms with Crippen molar-refractivity contribution in [1.82, 2.24) is 0 Å². The number of hydrogen-bond acceptors (Lipinski definition) is 6. The Hall–Kier alpha value is -0.970. The number of carbonyl (C=O) groups is 2. The molecule has 0 spiro atoms. The molecule has 2 aliphatic carbocycles. The highest BCUT2D eigenvalue weighted by atomic mass is 127. The number of aliphatic hydroxyl groups excluding tert-OH is 3. The summed E-state index contributed by atoms with van der Waals surface area (Å²) in [5, 5.41) is 39.1. The third kappa shape index (κ3) is 8.14. The Balaban J connectivity index is 0.00000480. The molecule has 0 fully saturated rings. The molecule has 0 saturated heterocycles. The van der Waals surface area contributed by atoms with E-state index in [0.717, 1.165) is 5.57 Å². The molecule has 7 nitrogen and oxygen atoms in total. The molecule has 0 aromatic carbocycles. The molecule has 2 aliphatic rings. The van der Waals surface area contributed by atoms with E-state index in [9.17, 15) is 24.9 Å². The molecule has 31 heavy (non-hydrogen) atoms. The van der Waals surface area contributed by atoms with E-state index in [2.05, 4.69) is 13.0 Å². The first-order valence-corrected chi connectivity index (χ1v) is 11.0. The summed E-state index contributed by atoms with van der Waals surface area (Å²) in [5.74, 6) is -1.31. The van der Waals surface area contributed by atoms with Gasteiger partial charge < -0.3 is 25.2 Å². The predicted molar refractivity (Wildman–Crippen MR) is 127 cm³/mol. The molecule has 0 unspecified atom stereocenters. The first kappa shape index (κ1) is 28.1. The molecule has 4 N–H and O–H groups in total. The standard InChI is InChI=1S/C23H36O7.HI/c1-4-13(2)23(29)30-20-11-17(25)9-15-6-5-14(3)19(22(15)20)8-7-16(24)10-18(26)12-21(27)28;/h5-6,9,13-14,16-20,22,24-26H,4,7-8,10-12H2,1-3H3,(H,27,28);1H/t13-,14-,16+,17+,18+,19-,20-,22-;/m0./s1. The lowest BCUT2D eigenvalue weighted by atomic mass is 9.66. The second-order valence-corrected chi connectivity index (χ2v) is 8.88. The minimum atomic E-state index is -1.10. The summed E-state index contributed by atoms with van der Waals surface area (Å²) >= 11 is 0. The molecular formula is C23H37IO7. The summed E-state index contributed by atoms with van der Waals surface area (Å²) in [6.45, 7) is 5.85. The first-order chi connectivity index (χ1) is 14.1. The van der Waals surface area contributed by atoms with Crippen LogP contribution in [0.1, 0.15) is 59.3 Å². The largest absolute Gasteiger partial charge is 0.481 e. The van der Waals surface area contributed by atoms with Crippen LogP contribution in [0.15, 0.2) is 23.8 Å². The Bertz CT molecular complexity index is 662. The van der Waals surface area contributed by atoms with Crippen molar-refractivity contribution in [2.45, 2.75) is 83.7 Å². The second kappa shape index (κ2) is 12.9. The molecule has 0 saturated carbocycles. The van der Waals surface area contributed by atoms with E-state index in [0.29, 0.717) is 25.7 Å². The number of halogens is 1. The SMILES string of the molecule is CC[C@H](C)C(=O)O[C@H]1C[C@H](O)C=C2C=C[C@H](C)[C@H](CC[C@@H](O)C[C@@H](O)CC(=O)O)[C@H]21.I. The van der Waals surface area contributed by atoms with Crippen LogP contribution in [0.2, 0.25) is 0 Å². The minimum absolute atomic E-state index is 0. The van der Waals surface area contributed by atoms with E-state index < -0.39 is 30.4 Å². The van der Waals surface area contributed by atoms with Crippen molar-refractivity contribution in [3.63, 3.8) is 0 Å². The van der Waals surface area contributed by atoms with Crippen LogP contribution in [0.4, 0.5) is 0 Å². The molecule has 0 aliphatic heterocycles. The highest BCUT2D eigenvalue weighted by Crippen LogP contribution is 2.44. The lowest BCUT2D eigenvalue weighted by Gasteiger charge is -2.43. The van der Waals surface area contributed by atoms with Gasteiger partial charge in [-0.2, -0.15) is 0 Å². The number of aliphatic carboxylic acids is 1. The zero-order chi connectivity index (χ0) is 22.4. The maximum Gasteiger partial charge on any atom is 0.308 e. The summed E-state index contributed by atoms with van der Waals surface area (Å²) in [6.07, 6.45) is 4.64. The maximum atomic E-state index is 12.4. The molecule has 8 atom stereocenters. The van der Waals surface area contributed by atoms with Crippen molar-refractivity contribution in [1.29, 1.82) is 0 Å². The van der Waals surface area contributed by atoms with E-state index in [-0.39, 0.29) is 66.5 Å². The van der Waals surface area contributed by atoms with E-state index in [1.165, 1.54) is 0 Å². The van der Waals surface area contributed by atoms with Crippen LogP contribution in [0, 0.1) is 23.7 Å². The van der Waals surface area contributed by atoms with E-state index in [1.807, 2.05) is 26.0 Å². The van der Waals surface area contributed by atoms with Crippen molar-refractivity contribution in [3.05, 3.63) is 23.8 Å². The van der Waals surface area contributed by atoms with Gasteiger partial charge in [-0.15, -0.1) is 24.0 Å². The van der Waals surface area contributed by atoms with Gasteiger partial charge in [-0.05, 0) is 43.1 Å². The zero-order valence-corrected chi connectivity index (χ0v) is 20.8. The van der Waals surface area contributed by atoms with Crippen LogP contribution < -0.4 is 0 Å². The molecule has 0 aromatic heterocycles. The van der Waals surface area contributed by atoms with Crippen LogP contribution >= 0.6 is 24.0 Å². The molecule has 0 amide bonds. The number of rotatable bonds is 10. The van der Waals surface area contributed by atoms with Crippen LogP contribution in [-0.2, 0) is 14.3 Å². The van der Waals surface area contributed by atoms with Crippen molar-refractivity contribution in [3.8, 4) is 0 Å². The number of carboxylic acids is 1. The number of allylic oxidation sites excluding steroid dienone is 2. The average Bonchev–Trinajstić information content (AvgIpc) is 2.65. The molecule has 178 valence electrons. The van der Waals surface area contributed by atoms with Gasteiger partial charge in [0.05, 0.1) is 30.7 Å². The van der Waals surface area contributed by atoms with Crippen LogP contribution in [-0.4, -0.2) is 56.8 Å². The number of carboxylic acid groups (broad SMARTS) is 1. The van der Waals surface area contributed by atoms with Gasteiger partial charge in [-0.25, -0.2) is 0 Å². The summed E-state index contributed by atoms with van der Waals surface area (Å²) in [4.78, 5) is 23.1. The van der Waals surface area contributed by atoms with Gasteiger partial charge in [0.25, 0.3) is 0 Å². The Labute approximate surface area is 201 Å². The molecular weight excluding hydrogens is 515 g/mol. The van der Waals surface area contributed by atoms with Crippen LogP contribution in [0.25, 0.3) is 0 Å². The monoisotopic (exact) mass is 552 g/mol. The second-order valence-electron chi connectivity index (χ2n) is 8.88. The maximum absolute atomic E-state index is 12.4. The molecule has 0 heterocycles. The quantitative estimate of drug-likeness (QED) is 0.243. The van der Waals surface area contributed by atoms with Crippen molar-refractivity contribution in [2.24, 2.45) is 23.7 Å². The smallest absolute Gasteiger partial charge is 0.308 e. The molecule has 0 aromatic rings. The Morgan fingerprint density at radius 1 is 1.26 bits per heavy atom. The molecule has 8 heteroatoms. The fourth-order valence-corrected chi connectivity index (χ4v) is 4.52. The molecule has 0 bridgehead atoms. The van der Waals surface area contributed by atoms with Crippen LogP contribution in [0.3, 0.4) is 0 Å². The summed E-state index contributed by atoms with van der Waals surface area (Å²) in [7, 11) is 0. The lowest BCUT2D eigenvalue weighted by molar-refractivity contribution is -0.159. The summed E-state index contributed by atoms with van der Waals surface area (Å²) in [5.41, 5.74) is 0.958. The van der Waals surface area contributed by atoms with Gasteiger partial charge in [-0.1, -0.05) is 39.0 Å². The minimum Gasteiger partial charge on any atom is -0.481 e.